The molecule has 2 atom stereocenters. The summed E-state index contributed by atoms with van der Waals surface area (Å²) in [6.45, 7) is 10.2. The average molecular weight is 459 g/mol. The minimum Gasteiger partial charge on any atom is -0.483 e. The first kappa shape index (κ1) is 25.7. The highest BCUT2D eigenvalue weighted by Crippen LogP contribution is 2.26. The third kappa shape index (κ3) is 7.27. The van der Waals surface area contributed by atoms with Crippen LogP contribution in [0, 0.1) is 0 Å². The van der Waals surface area contributed by atoms with Gasteiger partial charge in [-0.05, 0) is 55.0 Å². The lowest BCUT2D eigenvalue weighted by Gasteiger charge is -2.31. The van der Waals surface area contributed by atoms with Crippen molar-refractivity contribution in [2.45, 2.75) is 72.0 Å². The fourth-order valence-corrected chi connectivity index (χ4v) is 3.58. The fraction of sp³-hybridized carbons (Fsp3) is 0.462. The van der Waals surface area contributed by atoms with E-state index in [-0.39, 0.29) is 30.4 Å². The molecule has 32 heavy (non-hydrogen) atoms. The smallest absolute Gasteiger partial charge is 0.261 e. The van der Waals surface area contributed by atoms with Crippen molar-refractivity contribution in [2.24, 2.45) is 0 Å². The van der Waals surface area contributed by atoms with Crippen LogP contribution in [-0.4, -0.2) is 35.4 Å². The van der Waals surface area contributed by atoms with Crippen molar-refractivity contribution in [3.8, 4) is 5.75 Å². The standard InChI is InChI=1S/C26H35ClN2O3/c1-6-19(5)28-26(31)23(7-2)29(16-20-12-14-21(27)15-13-20)25(30)17-32-24-11-9-8-10-22(24)18(3)4/h8-15,18-19,23H,6-7,16-17H2,1-5H3,(H,28,31). The van der Waals surface area contributed by atoms with Gasteiger partial charge in [-0.25, -0.2) is 0 Å². The Hall–Kier alpha value is -2.53. The van der Waals surface area contributed by atoms with Crippen molar-refractivity contribution in [3.63, 3.8) is 0 Å². The largest absolute Gasteiger partial charge is 0.483 e. The van der Waals surface area contributed by atoms with Crippen molar-refractivity contribution >= 4 is 23.4 Å². The van der Waals surface area contributed by atoms with Gasteiger partial charge in [0.15, 0.2) is 6.61 Å². The second kappa shape index (κ2) is 12.5. The highest BCUT2D eigenvalue weighted by Gasteiger charge is 2.29. The summed E-state index contributed by atoms with van der Waals surface area (Å²) in [5, 5.41) is 3.64. The Morgan fingerprint density at radius 1 is 1.00 bits per heavy atom. The molecule has 2 amide bonds. The lowest BCUT2D eigenvalue weighted by Crippen LogP contribution is -2.51. The predicted octanol–water partition coefficient (Wildman–Crippen LogP) is 5.56. The second-order valence-corrected chi connectivity index (χ2v) is 8.81. The lowest BCUT2D eigenvalue weighted by atomic mass is 10.0. The van der Waals surface area contributed by atoms with Crippen LogP contribution in [0.25, 0.3) is 0 Å². The molecule has 2 unspecified atom stereocenters. The first-order valence-corrected chi connectivity index (χ1v) is 11.7. The van der Waals surface area contributed by atoms with Gasteiger partial charge in [-0.15, -0.1) is 0 Å². The Bertz CT molecular complexity index is 883. The molecule has 174 valence electrons. The molecule has 0 radical (unpaired) electrons. The van der Waals surface area contributed by atoms with E-state index in [9.17, 15) is 9.59 Å². The number of nitrogens with zero attached hydrogens (tertiary/aromatic N) is 1. The van der Waals surface area contributed by atoms with E-state index in [1.165, 1.54) is 0 Å². The van der Waals surface area contributed by atoms with Crippen molar-refractivity contribution in [2.75, 3.05) is 6.61 Å². The molecule has 2 rings (SSSR count). The summed E-state index contributed by atoms with van der Waals surface area (Å²) in [6, 6.07) is 14.5. The minimum atomic E-state index is -0.587. The molecule has 2 aromatic carbocycles. The number of carbonyl (C=O) groups excluding carboxylic acids is 2. The van der Waals surface area contributed by atoms with E-state index in [1.54, 1.807) is 17.0 Å². The number of carbonyl (C=O) groups is 2. The maximum absolute atomic E-state index is 13.3. The minimum absolute atomic E-state index is 0.0400. The molecule has 2 aromatic rings. The molecule has 1 N–H and O–H groups in total. The lowest BCUT2D eigenvalue weighted by molar-refractivity contribution is -0.143. The molecule has 5 nitrogen and oxygen atoms in total. The van der Waals surface area contributed by atoms with Gasteiger partial charge >= 0.3 is 0 Å². The zero-order valence-electron chi connectivity index (χ0n) is 19.7. The predicted molar refractivity (Wildman–Crippen MR) is 130 cm³/mol. The third-order valence-electron chi connectivity index (χ3n) is 5.55. The number of hydrogen-bond donors (Lipinski definition) is 1. The molecular weight excluding hydrogens is 424 g/mol. The molecule has 6 heteroatoms. The van der Waals surface area contributed by atoms with Gasteiger partial charge in [-0.1, -0.05) is 69.6 Å². The van der Waals surface area contributed by atoms with Gasteiger partial charge in [-0.2, -0.15) is 0 Å². The summed E-state index contributed by atoms with van der Waals surface area (Å²) in [6.07, 6.45) is 1.33. The van der Waals surface area contributed by atoms with Gasteiger partial charge < -0.3 is 15.0 Å². The van der Waals surface area contributed by atoms with E-state index in [0.29, 0.717) is 23.7 Å². The van der Waals surface area contributed by atoms with Crippen LogP contribution in [0.4, 0.5) is 0 Å². The Kier molecular flexibility index (Phi) is 10.0. The number of amides is 2. The summed E-state index contributed by atoms with van der Waals surface area (Å²) in [5.41, 5.74) is 1.95. The second-order valence-electron chi connectivity index (χ2n) is 8.37. The molecule has 0 saturated heterocycles. The maximum Gasteiger partial charge on any atom is 0.261 e. The topological polar surface area (TPSA) is 58.6 Å². The summed E-state index contributed by atoms with van der Waals surface area (Å²) in [4.78, 5) is 27.9. The Morgan fingerprint density at radius 3 is 2.25 bits per heavy atom. The van der Waals surface area contributed by atoms with Gasteiger partial charge in [0.1, 0.15) is 11.8 Å². The highest BCUT2D eigenvalue weighted by atomic mass is 35.5. The highest BCUT2D eigenvalue weighted by molar-refractivity contribution is 6.30. The molecule has 0 aliphatic carbocycles. The van der Waals surface area contributed by atoms with Crippen LogP contribution in [0.1, 0.15) is 64.5 Å². The Balaban J connectivity index is 2.24. The monoisotopic (exact) mass is 458 g/mol. The zero-order chi connectivity index (χ0) is 23.7. The number of hydrogen-bond acceptors (Lipinski definition) is 3. The molecule has 0 aliphatic rings. The number of para-hydroxylation sites is 1. The molecular formula is C26H35ClN2O3. The molecule has 0 aromatic heterocycles. The normalized spacial score (nSPS) is 12.8. The van der Waals surface area contributed by atoms with Crippen LogP contribution in [0.2, 0.25) is 5.02 Å². The zero-order valence-corrected chi connectivity index (χ0v) is 20.5. The van der Waals surface area contributed by atoms with Gasteiger partial charge in [0, 0.05) is 17.6 Å². The van der Waals surface area contributed by atoms with Crippen LogP contribution in [-0.2, 0) is 16.1 Å². The summed E-state index contributed by atoms with van der Waals surface area (Å²) < 4.78 is 5.93. The van der Waals surface area contributed by atoms with Gasteiger partial charge in [0.25, 0.3) is 5.91 Å². The van der Waals surface area contributed by atoms with Crippen LogP contribution in [0.5, 0.6) is 5.75 Å². The first-order valence-electron chi connectivity index (χ1n) is 11.3. The summed E-state index contributed by atoms with van der Waals surface area (Å²) in [5.74, 6) is 0.590. The van der Waals surface area contributed by atoms with Crippen molar-refractivity contribution in [1.82, 2.24) is 10.2 Å². The molecule has 0 fully saturated rings. The van der Waals surface area contributed by atoms with E-state index >= 15 is 0 Å². The molecule has 0 aliphatic heterocycles. The Morgan fingerprint density at radius 2 is 1.66 bits per heavy atom. The first-order chi connectivity index (χ1) is 15.3. The SMILES string of the molecule is CCC(C)NC(=O)C(CC)N(Cc1ccc(Cl)cc1)C(=O)COc1ccccc1C(C)C. The van der Waals surface area contributed by atoms with E-state index in [4.69, 9.17) is 16.3 Å². The average Bonchev–Trinajstić information content (AvgIpc) is 2.78. The van der Waals surface area contributed by atoms with Crippen LogP contribution < -0.4 is 10.1 Å². The fourth-order valence-electron chi connectivity index (χ4n) is 3.46. The quantitative estimate of drug-likeness (QED) is 0.479. The molecule has 0 saturated carbocycles. The number of halogens is 1. The molecule has 0 spiro atoms. The maximum atomic E-state index is 13.3. The Labute approximate surface area is 197 Å². The number of ether oxygens (including phenoxy) is 1. The summed E-state index contributed by atoms with van der Waals surface area (Å²) in [7, 11) is 0. The third-order valence-corrected chi connectivity index (χ3v) is 5.80. The van der Waals surface area contributed by atoms with Crippen LogP contribution in [0.15, 0.2) is 48.5 Å². The number of benzene rings is 2. The van der Waals surface area contributed by atoms with Gasteiger partial charge in [0.2, 0.25) is 5.91 Å². The van der Waals surface area contributed by atoms with Crippen molar-refractivity contribution < 1.29 is 14.3 Å². The molecule has 0 heterocycles. The van der Waals surface area contributed by atoms with E-state index in [1.807, 2.05) is 57.2 Å². The number of nitrogens with one attached hydrogen (secondary N) is 1. The van der Waals surface area contributed by atoms with E-state index in [0.717, 1.165) is 17.5 Å². The molecule has 0 bridgehead atoms. The number of rotatable bonds is 11. The van der Waals surface area contributed by atoms with Crippen molar-refractivity contribution in [3.05, 3.63) is 64.7 Å². The van der Waals surface area contributed by atoms with E-state index < -0.39 is 6.04 Å². The van der Waals surface area contributed by atoms with Crippen LogP contribution >= 0.6 is 11.6 Å². The van der Waals surface area contributed by atoms with Crippen molar-refractivity contribution in [1.29, 1.82) is 0 Å². The van der Waals surface area contributed by atoms with E-state index in [2.05, 4.69) is 19.2 Å². The van der Waals surface area contributed by atoms with Gasteiger partial charge in [-0.3, -0.25) is 9.59 Å². The van der Waals surface area contributed by atoms with Crippen LogP contribution in [0.3, 0.4) is 0 Å². The van der Waals surface area contributed by atoms with Gasteiger partial charge in [0.05, 0.1) is 0 Å². The summed E-state index contributed by atoms with van der Waals surface area (Å²) >= 11 is 6.02.